The lowest BCUT2D eigenvalue weighted by molar-refractivity contribution is -0.387. The smallest absolute Gasteiger partial charge is 0.307 e. The van der Waals surface area contributed by atoms with Gasteiger partial charge in [0.1, 0.15) is 0 Å². The normalized spacial score (nSPS) is 12.9. The van der Waals surface area contributed by atoms with E-state index < -0.39 is 37.4 Å². The topological polar surface area (TPSA) is 127 Å². The lowest BCUT2D eigenvalue weighted by Crippen LogP contribution is -2.32. The summed E-state index contributed by atoms with van der Waals surface area (Å²) in [7, 11) is -4.16. The Morgan fingerprint density at radius 1 is 1.38 bits per heavy atom. The maximum absolute atomic E-state index is 12.1. The molecule has 0 aliphatic carbocycles. The van der Waals surface area contributed by atoms with Crippen molar-refractivity contribution in [3.63, 3.8) is 0 Å². The number of nitro groups is 1. The Morgan fingerprint density at radius 2 is 1.90 bits per heavy atom. The predicted octanol–water partition coefficient (Wildman–Crippen LogP) is 1.21. The van der Waals surface area contributed by atoms with Crippen LogP contribution in [0.25, 0.3) is 0 Å². The van der Waals surface area contributed by atoms with Crippen LogP contribution in [0, 0.1) is 29.9 Å². The number of aryl methyl sites for hydroxylation is 2. The highest BCUT2D eigenvalue weighted by Crippen LogP contribution is 2.27. The molecule has 0 saturated heterocycles. The van der Waals surface area contributed by atoms with Crippen LogP contribution >= 0.6 is 0 Å². The third-order valence-electron chi connectivity index (χ3n) is 3.06. The Bertz CT molecular complexity index is 683. The van der Waals surface area contributed by atoms with Crippen molar-refractivity contribution in [3.05, 3.63) is 33.4 Å². The number of hydrogen-bond donors (Lipinski definition) is 2. The van der Waals surface area contributed by atoms with E-state index in [-0.39, 0.29) is 6.54 Å². The van der Waals surface area contributed by atoms with Gasteiger partial charge in [-0.2, -0.15) is 0 Å². The van der Waals surface area contributed by atoms with Gasteiger partial charge in [0.15, 0.2) is 4.90 Å². The molecule has 0 aromatic heterocycles. The Kier molecular flexibility index (Phi) is 5.02. The molecule has 0 aliphatic rings. The quantitative estimate of drug-likeness (QED) is 0.600. The van der Waals surface area contributed by atoms with Crippen molar-refractivity contribution in [3.8, 4) is 0 Å². The first-order chi connectivity index (χ1) is 9.56. The van der Waals surface area contributed by atoms with Crippen LogP contribution in [0.2, 0.25) is 0 Å². The molecule has 116 valence electrons. The van der Waals surface area contributed by atoms with Crippen molar-refractivity contribution < 1.29 is 23.2 Å². The van der Waals surface area contributed by atoms with E-state index in [4.69, 9.17) is 5.11 Å². The number of carbonyl (C=O) groups is 1. The van der Waals surface area contributed by atoms with Gasteiger partial charge < -0.3 is 5.11 Å². The van der Waals surface area contributed by atoms with Crippen LogP contribution in [0.5, 0.6) is 0 Å². The van der Waals surface area contributed by atoms with E-state index in [1.54, 1.807) is 13.8 Å². The average Bonchev–Trinajstić information content (AvgIpc) is 2.38. The third-order valence-corrected chi connectivity index (χ3v) is 4.52. The lowest BCUT2D eigenvalue weighted by Gasteiger charge is -2.11. The SMILES string of the molecule is Cc1cc([N+](=O)[O-])c(S(=O)(=O)NCC(C)C(=O)O)cc1C. The molecule has 1 unspecified atom stereocenters. The first-order valence-corrected chi connectivity index (χ1v) is 7.52. The van der Waals surface area contributed by atoms with Crippen LogP contribution < -0.4 is 4.72 Å². The summed E-state index contributed by atoms with van der Waals surface area (Å²) in [6.07, 6.45) is 0. The Morgan fingerprint density at radius 3 is 2.38 bits per heavy atom. The fourth-order valence-electron chi connectivity index (χ4n) is 1.53. The van der Waals surface area contributed by atoms with Crippen LogP contribution in [-0.4, -0.2) is 31.0 Å². The summed E-state index contributed by atoms with van der Waals surface area (Å²) in [5.41, 5.74) is 0.653. The Hall–Kier alpha value is -2.00. The molecule has 2 N–H and O–H groups in total. The summed E-state index contributed by atoms with van der Waals surface area (Å²) < 4.78 is 26.4. The molecular formula is C12H16N2O6S. The number of aliphatic carboxylic acids is 1. The van der Waals surface area contributed by atoms with Crippen LogP contribution in [0.4, 0.5) is 5.69 Å². The maximum atomic E-state index is 12.1. The van der Waals surface area contributed by atoms with Crippen LogP contribution in [-0.2, 0) is 14.8 Å². The van der Waals surface area contributed by atoms with E-state index in [1.165, 1.54) is 19.1 Å². The summed E-state index contributed by atoms with van der Waals surface area (Å²) in [6, 6.07) is 2.39. The fourth-order valence-corrected chi connectivity index (χ4v) is 2.90. The highest BCUT2D eigenvalue weighted by molar-refractivity contribution is 7.89. The van der Waals surface area contributed by atoms with E-state index in [9.17, 15) is 23.3 Å². The standard InChI is InChI=1S/C12H16N2O6S/c1-7-4-10(14(17)18)11(5-8(7)2)21(19,20)13-6-9(3)12(15)16/h4-5,9,13H,6H2,1-3H3,(H,15,16). The molecule has 0 aliphatic heterocycles. The van der Waals surface area contributed by atoms with Crippen LogP contribution in [0.1, 0.15) is 18.1 Å². The van der Waals surface area contributed by atoms with Gasteiger partial charge in [-0.25, -0.2) is 13.1 Å². The molecule has 0 radical (unpaired) electrons. The molecule has 8 nitrogen and oxygen atoms in total. The van der Waals surface area contributed by atoms with Crippen molar-refractivity contribution in [2.24, 2.45) is 5.92 Å². The summed E-state index contributed by atoms with van der Waals surface area (Å²) in [5.74, 6) is -2.10. The zero-order chi connectivity index (χ0) is 16.4. The van der Waals surface area contributed by atoms with Gasteiger partial charge in [-0.05, 0) is 31.0 Å². The number of sulfonamides is 1. The van der Waals surface area contributed by atoms with Gasteiger partial charge >= 0.3 is 5.97 Å². The van der Waals surface area contributed by atoms with Gasteiger partial charge in [0.05, 0.1) is 10.8 Å². The Balaban J connectivity index is 3.22. The number of nitrogens with zero attached hydrogens (tertiary/aromatic N) is 1. The fraction of sp³-hybridized carbons (Fsp3) is 0.417. The molecule has 1 atom stereocenters. The number of rotatable bonds is 6. The van der Waals surface area contributed by atoms with Crippen molar-refractivity contribution in [1.82, 2.24) is 4.72 Å². The molecule has 21 heavy (non-hydrogen) atoms. The van der Waals surface area contributed by atoms with Crippen LogP contribution in [0.15, 0.2) is 17.0 Å². The number of nitro benzene ring substituents is 1. The van der Waals surface area contributed by atoms with E-state index in [1.807, 2.05) is 0 Å². The van der Waals surface area contributed by atoms with E-state index >= 15 is 0 Å². The molecule has 0 spiro atoms. The first-order valence-electron chi connectivity index (χ1n) is 6.04. The summed E-state index contributed by atoms with van der Waals surface area (Å²) in [4.78, 5) is 20.4. The molecule has 1 aromatic carbocycles. The van der Waals surface area contributed by atoms with Gasteiger partial charge in [-0.15, -0.1) is 0 Å². The van der Waals surface area contributed by atoms with Crippen molar-refractivity contribution in [2.45, 2.75) is 25.7 Å². The number of nitrogens with one attached hydrogen (secondary N) is 1. The molecule has 1 aromatic rings. The minimum Gasteiger partial charge on any atom is -0.481 e. The average molecular weight is 316 g/mol. The predicted molar refractivity (Wildman–Crippen MR) is 74.6 cm³/mol. The van der Waals surface area contributed by atoms with Gasteiger partial charge in [0.25, 0.3) is 5.69 Å². The number of hydrogen-bond acceptors (Lipinski definition) is 5. The second-order valence-electron chi connectivity index (χ2n) is 4.75. The number of carboxylic acids is 1. The van der Waals surface area contributed by atoms with Crippen molar-refractivity contribution >= 4 is 21.7 Å². The summed E-state index contributed by atoms with van der Waals surface area (Å²) >= 11 is 0. The molecule has 0 fully saturated rings. The zero-order valence-electron chi connectivity index (χ0n) is 11.8. The molecule has 0 saturated carbocycles. The number of benzene rings is 1. The molecule has 0 heterocycles. The van der Waals surface area contributed by atoms with Crippen molar-refractivity contribution in [2.75, 3.05) is 6.54 Å². The second kappa shape index (κ2) is 6.19. The van der Waals surface area contributed by atoms with Crippen LogP contribution in [0.3, 0.4) is 0 Å². The van der Waals surface area contributed by atoms with Crippen molar-refractivity contribution in [1.29, 1.82) is 0 Å². The zero-order valence-corrected chi connectivity index (χ0v) is 12.6. The van der Waals surface area contributed by atoms with E-state index in [2.05, 4.69) is 4.72 Å². The second-order valence-corrected chi connectivity index (χ2v) is 6.49. The van der Waals surface area contributed by atoms with Gasteiger partial charge in [-0.3, -0.25) is 14.9 Å². The van der Waals surface area contributed by atoms with Gasteiger partial charge in [0, 0.05) is 12.6 Å². The highest BCUT2D eigenvalue weighted by Gasteiger charge is 2.27. The first kappa shape index (κ1) is 17.1. The molecule has 9 heteroatoms. The monoisotopic (exact) mass is 316 g/mol. The third kappa shape index (κ3) is 3.99. The molecule has 0 amide bonds. The maximum Gasteiger partial charge on any atom is 0.307 e. The van der Waals surface area contributed by atoms with E-state index in [0.717, 1.165) is 0 Å². The van der Waals surface area contributed by atoms with E-state index in [0.29, 0.717) is 11.1 Å². The molecular weight excluding hydrogens is 300 g/mol. The van der Waals surface area contributed by atoms with Gasteiger partial charge in [-0.1, -0.05) is 6.92 Å². The minimum atomic E-state index is -4.16. The molecule has 0 bridgehead atoms. The summed E-state index contributed by atoms with van der Waals surface area (Å²) in [6.45, 7) is 4.26. The highest BCUT2D eigenvalue weighted by atomic mass is 32.2. The minimum absolute atomic E-state index is 0.345. The Labute approximate surface area is 122 Å². The molecule has 1 rings (SSSR count). The number of carboxylic acid groups (broad SMARTS) is 1. The lowest BCUT2D eigenvalue weighted by atomic mass is 10.1. The largest absolute Gasteiger partial charge is 0.481 e. The van der Waals surface area contributed by atoms with Gasteiger partial charge in [0.2, 0.25) is 10.0 Å². The summed E-state index contributed by atoms with van der Waals surface area (Å²) in [5, 5.41) is 19.7.